The molecule has 1 N–H and O–H groups in total. The van der Waals surface area contributed by atoms with Crippen LogP contribution >= 0.6 is 0 Å². The second-order valence-electron chi connectivity index (χ2n) is 4.04. The van der Waals surface area contributed by atoms with Crippen LogP contribution in [-0.2, 0) is 9.53 Å². The Morgan fingerprint density at radius 3 is 2.64 bits per heavy atom. The standard InChI is InChI=1S/C11H21NO2/c1-3-10(11(13)14-2)12-8-9-6-4-5-7-9/h9-10,12H,3-8H2,1-2H3. The van der Waals surface area contributed by atoms with Crippen molar-refractivity contribution >= 4 is 5.97 Å². The molecule has 0 aromatic carbocycles. The molecule has 82 valence electrons. The number of methoxy groups -OCH3 is 1. The molecule has 0 aliphatic heterocycles. The van der Waals surface area contributed by atoms with E-state index in [0.717, 1.165) is 18.9 Å². The Labute approximate surface area is 86.2 Å². The van der Waals surface area contributed by atoms with Crippen LogP contribution in [0.2, 0.25) is 0 Å². The van der Waals surface area contributed by atoms with Gasteiger partial charge in [-0.25, -0.2) is 0 Å². The van der Waals surface area contributed by atoms with E-state index in [4.69, 9.17) is 4.74 Å². The van der Waals surface area contributed by atoms with Gasteiger partial charge in [-0.3, -0.25) is 4.79 Å². The van der Waals surface area contributed by atoms with Crippen LogP contribution in [-0.4, -0.2) is 25.7 Å². The van der Waals surface area contributed by atoms with Gasteiger partial charge in [0.2, 0.25) is 0 Å². The molecule has 1 rings (SSSR count). The molecule has 14 heavy (non-hydrogen) atoms. The largest absolute Gasteiger partial charge is 0.468 e. The summed E-state index contributed by atoms with van der Waals surface area (Å²) in [5, 5.41) is 3.29. The lowest BCUT2D eigenvalue weighted by Gasteiger charge is -2.17. The first-order valence-electron chi connectivity index (χ1n) is 5.59. The van der Waals surface area contributed by atoms with Crippen LogP contribution in [0.4, 0.5) is 0 Å². The van der Waals surface area contributed by atoms with Crippen LogP contribution in [0.25, 0.3) is 0 Å². The number of rotatable bonds is 5. The number of nitrogens with one attached hydrogen (secondary N) is 1. The molecule has 0 spiro atoms. The van der Waals surface area contributed by atoms with Gasteiger partial charge in [0, 0.05) is 0 Å². The van der Waals surface area contributed by atoms with Crippen molar-refractivity contribution in [3.8, 4) is 0 Å². The SMILES string of the molecule is CCC(NCC1CCCC1)C(=O)OC. The van der Waals surface area contributed by atoms with Gasteiger partial charge in [-0.2, -0.15) is 0 Å². The van der Waals surface area contributed by atoms with E-state index in [2.05, 4.69) is 5.32 Å². The third-order valence-corrected chi connectivity index (χ3v) is 3.02. The van der Waals surface area contributed by atoms with Crippen molar-refractivity contribution < 1.29 is 9.53 Å². The highest BCUT2D eigenvalue weighted by Crippen LogP contribution is 2.23. The van der Waals surface area contributed by atoms with Gasteiger partial charge in [0.1, 0.15) is 6.04 Å². The fourth-order valence-corrected chi connectivity index (χ4v) is 2.06. The summed E-state index contributed by atoms with van der Waals surface area (Å²) in [4.78, 5) is 11.3. The van der Waals surface area contributed by atoms with Gasteiger partial charge in [-0.1, -0.05) is 19.8 Å². The minimum Gasteiger partial charge on any atom is -0.468 e. The average molecular weight is 199 g/mol. The zero-order valence-electron chi connectivity index (χ0n) is 9.21. The summed E-state index contributed by atoms with van der Waals surface area (Å²) < 4.78 is 4.72. The third-order valence-electron chi connectivity index (χ3n) is 3.02. The van der Waals surface area contributed by atoms with Crippen LogP contribution in [0.5, 0.6) is 0 Å². The minimum atomic E-state index is -0.134. The normalized spacial score (nSPS) is 19.6. The Morgan fingerprint density at radius 2 is 2.14 bits per heavy atom. The molecule has 1 unspecified atom stereocenters. The molecule has 0 amide bonds. The molecule has 0 heterocycles. The van der Waals surface area contributed by atoms with Crippen LogP contribution < -0.4 is 5.32 Å². The number of carbonyl (C=O) groups excluding carboxylic acids is 1. The quantitative estimate of drug-likeness (QED) is 0.685. The Morgan fingerprint density at radius 1 is 1.50 bits per heavy atom. The molecule has 3 heteroatoms. The van der Waals surface area contributed by atoms with Gasteiger partial charge in [0.15, 0.2) is 0 Å². The van der Waals surface area contributed by atoms with Gasteiger partial charge in [0.05, 0.1) is 7.11 Å². The van der Waals surface area contributed by atoms with Crippen molar-refractivity contribution in [2.75, 3.05) is 13.7 Å². The predicted octanol–water partition coefficient (Wildman–Crippen LogP) is 1.72. The molecule has 0 radical (unpaired) electrons. The van der Waals surface area contributed by atoms with E-state index in [0.29, 0.717) is 0 Å². The van der Waals surface area contributed by atoms with Crippen molar-refractivity contribution in [2.45, 2.75) is 45.1 Å². The molecule has 1 atom stereocenters. The number of carbonyl (C=O) groups is 1. The lowest BCUT2D eigenvalue weighted by Crippen LogP contribution is -2.39. The smallest absolute Gasteiger partial charge is 0.322 e. The molecular weight excluding hydrogens is 178 g/mol. The van der Waals surface area contributed by atoms with Crippen molar-refractivity contribution in [3.63, 3.8) is 0 Å². The first-order chi connectivity index (χ1) is 6.77. The monoisotopic (exact) mass is 199 g/mol. The summed E-state index contributed by atoms with van der Waals surface area (Å²) >= 11 is 0. The van der Waals surface area contributed by atoms with Gasteiger partial charge < -0.3 is 10.1 Å². The maximum Gasteiger partial charge on any atom is 0.322 e. The van der Waals surface area contributed by atoms with E-state index in [1.165, 1.54) is 32.8 Å². The second kappa shape index (κ2) is 6.02. The van der Waals surface area contributed by atoms with Crippen molar-refractivity contribution in [1.82, 2.24) is 5.32 Å². The number of esters is 1. The highest BCUT2D eigenvalue weighted by Gasteiger charge is 2.20. The zero-order valence-corrected chi connectivity index (χ0v) is 9.21. The first kappa shape index (κ1) is 11.5. The van der Waals surface area contributed by atoms with Crippen molar-refractivity contribution in [2.24, 2.45) is 5.92 Å². The molecule has 3 nitrogen and oxygen atoms in total. The number of hydrogen-bond acceptors (Lipinski definition) is 3. The van der Waals surface area contributed by atoms with E-state index < -0.39 is 0 Å². The molecule has 1 aliphatic rings. The average Bonchev–Trinajstić information content (AvgIpc) is 2.71. The molecule has 0 bridgehead atoms. The van der Waals surface area contributed by atoms with E-state index in [1.54, 1.807) is 0 Å². The van der Waals surface area contributed by atoms with Gasteiger partial charge in [0.25, 0.3) is 0 Å². The van der Waals surface area contributed by atoms with Crippen molar-refractivity contribution in [1.29, 1.82) is 0 Å². The van der Waals surface area contributed by atoms with E-state index in [9.17, 15) is 4.79 Å². The Kier molecular flexibility index (Phi) is 4.94. The first-order valence-corrected chi connectivity index (χ1v) is 5.59. The second-order valence-corrected chi connectivity index (χ2v) is 4.04. The molecule has 0 saturated heterocycles. The summed E-state index contributed by atoms with van der Waals surface area (Å²) in [5.41, 5.74) is 0. The fraction of sp³-hybridized carbons (Fsp3) is 0.909. The topological polar surface area (TPSA) is 38.3 Å². The van der Waals surface area contributed by atoms with Crippen molar-refractivity contribution in [3.05, 3.63) is 0 Å². The summed E-state index contributed by atoms with van der Waals surface area (Å²) in [6.07, 6.45) is 6.12. The molecular formula is C11H21NO2. The van der Waals surface area contributed by atoms with Crippen LogP contribution in [0.15, 0.2) is 0 Å². The van der Waals surface area contributed by atoms with Gasteiger partial charge in [-0.05, 0) is 31.7 Å². The Hall–Kier alpha value is -0.570. The highest BCUT2D eigenvalue weighted by atomic mass is 16.5. The maximum atomic E-state index is 11.3. The van der Waals surface area contributed by atoms with E-state index in [1.807, 2.05) is 6.92 Å². The molecule has 0 aromatic rings. The summed E-state index contributed by atoms with van der Waals surface area (Å²) in [7, 11) is 1.45. The van der Waals surface area contributed by atoms with E-state index in [-0.39, 0.29) is 12.0 Å². The lowest BCUT2D eigenvalue weighted by molar-refractivity contribution is -0.143. The maximum absolute atomic E-state index is 11.3. The predicted molar refractivity (Wildman–Crippen MR) is 56.1 cm³/mol. The van der Waals surface area contributed by atoms with Crippen LogP contribution in [0.1, 0.15) is 39.0 Å². The Balaban J connectivity index is 2.22. The summed E-state index contributed by atoms with van der Waals surface area (Å²) in [6, 6.07) is -0.111. The lowest BCUT2D eigenvalue weighted by atomic mass is 10.1. The molecule has 1 saturated carbocycles. The fourth-order valence-electron chi connectivity index (χ4n) is 2.06. The number of ether oxygens (including phenoxy) is 1. The van der Waals surface area contributed by atoms with Gasteiger partial charge in [-0.15, -0.1) is 0 Å². The molecule has 1 aliphatic carbocycles. The summed E-state index contributed by atoms with van der Waals surface area (Å²) in [6.45, 7) is 2.97. The van der Waals surface area contributed by atoms with Crippen LogP contribution in [0.3, 0.4) is 0 Å². The van der Waals surface area contributed by atoms with E-state index >= 15 is 0 Å². The highest BCUT2D eigenvalue weighted by molar-refractivity contribution is 5.75. The third kappa shape index (κ3) is 3.29. The van der Waals surface area contributed by atoms with Crippen LogP contribution in [0, 0.1) is 5.92 Å². The number of hydrogen-bond donors (Lipinski definition) is 1. The Bertz CT molecular complexity index is 176. The zero-order chi connectivity index (χ0) is 10.4. The minimum absolute atomic E-state index is 0.111. The molecule has 0 aromatic heterocycles. The van der Waals surface area contributed by atoms with Gasteiger partial charge >= 0.3 is 5.97 Å². The molecule has 1 fully saturated rings. The summed E-state index contributed by atoms with van der Waals surface area (Å²) in [5.74, 6) is 0.638.